The van der Waals surface area contributed by atoms with Crippen LogP contribution >= 0.6 is 0 Å². The van der Waals surface area contributed by atoms with E-state index in [1.54, 1.807) is 0 Å². The summed E-state index contributed by atoms with van der Waals surface area (Å²) < 4.78 is 5.55. The fraction of sp³-hybridized carbons (Fsp3) is 0.435. The summed E-state index contributed by atoms with van der Waals surface area (Å²) in [5.41, 5.74) is 2.44. The Morgan fingerprint density at radius 1 is 1.07 bits per heavy atom. The van der Waals surface area contributed by atoms with Crippen LogP contribution < -0.4 is 10.1 Å². The number of hydrogen-bond acceptors (Lipinski definition) is 3. The normalized spacial score (nSPS) is 15.4. The lowest BCUT2D eigenvalue weighted by molar-refractivity contribution is -0.121. The average Bonchev–Trinajstić information content (AvgIpc) is 3.23. The molecule has 2 aromatic carbocycles. The first-order valence-corrected chi connectivity index (χ1v) is 10.0. The summed E-state index contributed by atoms with van der Waals surface area (Å²) in [4.78, 5) is 14.8. The SMILES string of the molecule is CCOc1ccc(C(CNC(=O)CCc2ccccc2)N2CCCC2)cc1. The van der Waals surface area contributed by atoms with Crippen molar-refractivity contribution in [2.24, 2.45) is 0 Å². The molecule has 2 aromatic rings. The van der Waals surface area contributed by atoms with Crippen LogP contribution in [0.1, 0.15) is 43.4 Å². The zero-order chi connectivity index (χ0) is 18.9. The van der Waals surface area contributed by atoms with Crippen molar-refractivity contribution in [3.63, 3.8) is 0 Å². The summed E-state index contributed by atoms with van der Waals surface area (Å²) >= 11 is 0. The van der Waals surface area contributed by atoms with Gasteiger partial charge in [-0.1, -0.05) is 42.5 Å². The standard InChI is InChI=1S/C23H30N2O2/c1-2-27-21-13-11-20(12-14-21)22(25-16-6-7-17-25)18-24-23(26)15-10-19-8-4-3-5-9-19/h3-5,8-9,11-14,22H,2,6-7,10,15-18H2,1H3,(H,24,26). The number of amides is 1. The molecule has 1 saturated heterocycles. The van der Waals surface area contributed by atoms with E-state index < -0.39 is 0 Å². The van der Waals surface area contributed by atoms with Gasteiger partial charge in [-0.3, -0.25) is 9.69 Å². The van der Waals surface area contributed by atoms with E-state index in [2.05, 4.69) is 34.5 Å². The van der Waals surface area contributed by atoms with Gasteiger partial charge >= 0.3 is 0 Å². The third kappa shape index (κ3) is 5.83. The van der Waals surface area contributed by atoms with Crippen LogP contribution in [0, 0.1) is 0 Å². The Morgan fingerprint density at radius 2 is 1.78 bits per heavy atom. The molecule has 1 aliphatic rings. The smallest absolute Gasteiger partial charge is 0.220 e. The number of aryl methyl sites for hydroxylation is 1. The summed E-state index contributed by atoms with van der Waals surface area (Å²) in [6.45, 7) is 5.51. The van der Waals surface area contributed by atoms with Gasteiger partial charge in [0.1, 0.15) is 5.75 Å². The van der Waals surface area contributed by atoms with E-state index in [0.717, 1.165) is 25.3 Å². The van der Waals surface area contributed by atoms with Gasteiger partial charge in [-0.25, -0.2) is 0 Å². The van der Waals surface area contributed by atoms with E-state index in [1.807, 2.05) is 37.3 Å². The minimum absolute atomic E-state index is 0.119. The predicted molar refractivity (Wildman–Crippen MR) is 109 cm³/mol. The molecule has 1 unspecified atom stereocenters. The van der Waals surface area contributed by atoms with Crippen molar-refractivity contribution in [2.45, 2.75) is 38.6 Å². The quantitative estimate of drug-likeness (QED) is 0.730. The number of likely N-dealkylation sites (tertiary alicyclic amines) is 1. The summed E-state index contributed by atoms with van der Waals surface area (Å²) in [6, 6.07) is 18.7. The van der Waals surface area contributed by atoms with Crippen molar-refractivity contribution in [1.29, 1.82) is 0 Å². The summed E-state index contributed by atoms with van der Waals surface area (Å²) in [5.74, 6) is 1.02. The van der Waals surface area contributed by atoms with Crippen LogP contribution in [0.2, 0.25) is 0 Å². The molecule has 3 rings (SSSR count). The third-order valence-electron chi connectivity index (χ3n) is 5.13. The Kier molecular flexibility index (Phi) is 7.28. The van der Waals surface area contributed by atoms with Crippen molar-refractivity contribution >= 4 is 5.91 Å². The lowest BCUT2D eigenvalue weighted by atomic mass is 10.0. The van der Waals surface area contributed by atoms with Crippen LogP contribution in [-0.4, -0.2) is 37.0 Å². The molecule has 27 heavy (non-hydrogen) atoms. The zero-order valence-electron chi connectivity index (χ0n) is 16.2. The van der Waals surface area contributed by atoms with Gasteiger partial charge in [0, 0.05) is 13.0 Å². The first kappa shape index (κ1) is 19.4. The first-order chi connectivity index (χ1) is 13.3. The molecule has 0 spiro atoms. The van der Waals surface area contributed by atoms with Crippen LogP contribution in [-0.2, 0) is 11.2 Å². The van der Waals surface area contributed by atoms with Crippen LogP contribution in [0.25, 0.3) is 0 Å². The van der Waals surface area contributed by atoms with Gasteiger partial charge in [0.2, 0.25) is 5.91 Å². The second-order valence-corrected chi connectivity index (χ2v) is 7.05. The van der Waals surface area contributed by atoms with Gasteiger partial charge in [-0.05, 0) is 62.5 Å². The maximum absolute atomic E-state index is 12.4. The van der Waals surface area contributed by atoms with Crippen molar-refractivity contribution in [3.8, 4) is 5.75 Å². The van der Waals surface area contributed by atoms with Crippen molar-refractivity contribution in [1.82, 2.24) is 10.2 Å². The molecule has 1 fully saturated rings. The lowest BCUT2D eigenvalue weighted by Crippen LogP contribution is -2.36. The number of hydrogen-bond donors (Lipinski definition) is 1. The highest BCUT2D eigenvalue weighted by Crippen LogP contribution is 2.26. The monoisotopic (exact) mass is 366 g/mol. The highest BCUT2D eigenvalue weighted by Gasteiger charge is 2.24. The number of ether oxygens (including phenoxy) is 1. The molecular weight excluding hydrogens is 336 g/mol. The van der Waals surface area contributed by atoms with E-state index in [9.17, 15) is 4.79 Å². The number of nitrogens with zero attached hydrogens (tertiary/aromatic N) is 1. The lowest BCUT2D eigenvalue weighted by Gasteiger charge is -2.28. The topological polar surface area (TPSA) is 41.6 Å². The molecule has 144 valence electrons. The molecule has 1 amide bonds. The Labute approximate surface area is 162 Å². The first-order valence-electron chi connectivity index (χ1n) is 10.0. The van der Waals surface area contributed by atoms with Gasteiger partial charge in [0.05, 0.1) is 12.6 Å². The number of carbonyl (C=O) groups is 1. The second-order valence-electron chi connectivity index (χ2n) is 7.05. The van der Waals surface area contributed by atoms with Crippen LogP contribution in [0.3, 0.4) is 0 Å². The van der Waals surface area contributed by atoms with Gasteiger partial charge in [0.15, 0.2) is 0 Å². The predicted octanol–water partition coefficient (Wildman–Crippen LogP) is 3.97. The fourth-order valence-corrected chi connectivity index (χ4v) is 3.67. The van der Waals surface area contributed by atoms with E-state index in [-0.39, 0.29) is 11.9 Å². The van der Waals surface area contributed by atoms with Crippen molar-refractivity contribution in [2.75, 3.05) is 26.2 Å². The zero-order valence-corrected chi connectivity index (χ0v) is 16.2. The van der Waals surface area contributed by atoms with E-state index in [4.69, 9.17) is 4.74 Å². The molecule has 4 heteroatoms. The minimum Gasteiger partial charge on any atom is -0.494 e. The molecule has 1 atom stereocenters. The van der Waals surface area contributed by atoms with Gasteiger partial charge in [0.25, 0.3) is 0 Å². The summed E-state index contributed by atoms with van der Waals surface area (Å²) in [7, 11) is 0. The Bertz CT molecular complexity index is 694. The summed E-state index contributed by atoms with van der Waals surface area (Å²) in [5, 5.41) is 3.16. The Hall–Kier alpha value is -2.33. The molecule has 0 saturated carbocycles. The molecule has 0 bridgehead atoms. The average molecular weight is 367 g/mol. The largest absolute Gasteiger partial charge is 0.494 e. The second kappa shape index (κ2) is 10.1. The molecule has 0 aromatic heterocycles. The van der Waals surface area contributed by atoms with Crippen LogP contribution in [0.15, 0.2) is 54.6 Å². The number of carbonyl (C=O) groups excluding carboxylic acids is 1. The minimum atomic E-state index is 0.119. The maximum atomic E-state index is 12.4. The van der Waals surface area contributed by atoms with Gasteiger partial charge in [-0.15, -0.1) is 0 Å². The van der Waals surface area contributed by atoms with Crippen molar-refractivity contribution in [3.05, 3.63) is 65.7 Å². The van der Waals surface area contributed by atoms with E-state index >= 15 is 0 Å². The van der Waals surface area contributed by atoms with Gasteiger partial charge < -0.3 is 10.1 Å². The molecule has 1 heterocycles. The molecule has 1 N–H and O–H groups in total. The molecule has 4 nitrogen and oxygen atoms in total. The molecule has 0 radical (unpaired) electrons. The molecule has 0 aliphatic carbocycles. The molecular formula is C23H30N2O2. The van der Waals surface area contributed by atoms with E-state index in [0.29, 0.717) is 19.6 Å². The number of benzene rings is 2. The fourth-order valence-electron chi connectivity index (χ4n) is 3.67. The van der Waals surface area contributed by atoms with Crippen molar-refractivity contribution < 1.29 is 9.53 Å². The van der Waals surface area contributed by atoms with Crippen LogP contribution in [0.5, 0.6) is 5.75 Å². The summed E-state index contributed by atoms with van der Waals surface area (Å²) in [6.07, 6.45) is 3.77. The Morgan fingerprint density at radius 3 is 2.44 bits per heavy atom. The number of rotatable bonds is 9. The van der Waals surface area contributed by atoms with E-state index in [1.165, 1.54) is 24.0 Å². The number of nitrogens with one attached hydrogen (secondary N) is 1. The molecule has 1 aliphatic heterocycles. The Balaban J connectivity index is 1.57. The highest BCUT2D eigenvalue weighted by atomic mass is 16.5. The highest BCUT2D eigenvalue weighted by molar-refractivity contribution is 5.76. The third-order valence-corrected chi connectivity index (χ3v) is 5.13. The maximum Gasteiger partial charge on any atom is 0.220 e. The van der Waals surface area contributed by atoms with Gasteiger partial charge in [-0.2, -0.15) is 0 Å². The van der Waals surface area contributed by atoms with Crippen LogP contribution in [0.4, 0.5) is 0 Å².